The highest BCUT2D eigenvalue weighted by Gasteiger charge is 2.38. The van der Waals surface area contributed by atoms with Crippen molar-refractivity contribution in [1.29, 1.82) is 0 Å². The van der Waals surface area contributed by atoms with E-state index in [1.807, 2.05) is 42.3 Å². The quantitative estimate of drug-likeness (QED) is 0.653. The van der Waals surface area contributed by atoms with Crippen molar-refractivity contribution in [2.75, 3.05) is 13.7 Å². The summed E-state index contributed by atoms with van der Waals surface area (Å²) in [4.78, 5) is 16.3. The lowest BCUT2D eigenvalue weighted by molar-refractivity contribution is -0.128. The van der Waals surface area contributed by atoms with Gasteiger partial charge in [0.25, 0.3) is 5.91 Å². The van der Waals surface area contributed by atoms with Crippen molar-refractivity contribution in [2.45, 2.75) is 37.6 Å². The highest BCUT2D eigenvalue weighted by molar-refractivity contribution is 8.09. The van der Waals surface area contributed by atoms with Gasteiger partial charge < -0.3 is 15.0 Å². The Balaban J connectivity index is 1.45. The maximum Gasteiger partial charge on any atom is 0.271 e. The molecule has 1 saturated carbocycles. The molecule has 0 aromatic heterocycles. The van der Waals surface area contributed by atoms with E-state index in [0.717, 1.165) is 29.7 Å². The summed E-state index contributed by atoms with van der Waals surface area (Å²) in [5, 5.41) is 3.53. The summed E-state index contributed by atoms with van der Waals surface area (Å²) >= 11 is 1.69. The number of likely N-dealkylation sites (N-methyl/N-ethyl adjacent to an activating group) is 1. The number of halogens is 1. The van der Waals surface area contributed by atoms with Crippen molar-refractivity contribution < 1.29 is 13.9 Å². The number of carbonyl (C=O) groups is 1. The first-order chi connectivity index (χ1) is 14.5. The van der Waals surface area contributed by atoms with E-state index in [9.17, 15) is 9.18 Å². The van der Waals surface area contributed by atoms with Crippen molar-refractivity contribution in [1.82, 2.24) is 10.2 Å². The first kappa shape index (κ1) is 20.8. The molecule has 2 aromatic carbocycles. The number of ether oxygens (including phenoxy) is 1. The van der Waals surface area contributed by atoms with Crippen LogP contribution in [0.5, 0.6) is 5.75 Å². The molecule has 2 aromatic rings. The van der Waals surface area contributed by atoms with Crippen molar-refractivity contribution in [3.8, 4) is 5.75 Å². The van der Waals surface area contributed by atoms with Crippen LogP contribution in [-0.2, 0) is 4.79 Å². The van der Waals surface area contributed by atoms with Crippen LogP contribution in [0.2, 0.25) is 0 Å². The minimum absolute atomic E-state index is 0.0318. The molecule has 4 rings (SSSR count). The number of nitrogens with one attached hydrogen (secondary N) is 1. The molecule has 30 heavy (non-hydrogen) atoms. The average molecular weight is 427 g/mol. The third kappa shape index (κ3) is 4.81. The third-order valence-corrected chi connectivity index (χ3v) is 6.75. The molecule has 6 heteroatoms. The smallest absolute Gasteiger partial charge is 0.271 e. The molecule has 0 radical (unpaired) electrons. The summed E-state index contributed by atoms with van der Waals surface area (Å²) in [7, 11) is 1.90. The molecular formula is C24H27FN2O2S. The van der Waals surface area contributed by atoms with E-state index in [-0.39, 0.29) is 23.1 Å². The van der Waals surface area contributed by atoms with Crippen molar-refractivity contribution >= 4 is 22.6 Å². The lowest BCUT2D eigenvalue weighted by Gasteiger charge is -2.29. The number of rotatable bonds is 8. The molecule has 1 heterocycles. The maximum absolute atomic E-state index is 13.4. The number of benzene rings is 2. The Morgan fingerprint density at radius 2 is 1.90 bits per heavy atom. The Morgan fingerprint density at radius 1 is 1.20 bits per heavy atom. The molecule has 0 bridgehead atoms. The zero-order valence-electron chi connectivity index (χ0n) is 17.3. The molecule has 1 aliphatic carbocycles. The van der Waals surface area contributed by atoms with Crippen LogP contribution in [0.4, 0.5) is 4.39 Å². The number of nitrogens with zero attached hydrogens (tertiary/aromatic N) is 1. The number of hydrogen-bond acceptors (Lipinski definition) is 4. The second-order valence-corrected chi connectivity index (χ2v) is 9.24. The molecule has 2 unspecified atom stereocenters. The summed E-state index contributed by atoms with van der Waals surface area (Å²) in [6, 6.07) is 16.3. The van der Waals surface area contributed by atoms with Crippen LogP contribution in [0.15, 0.2) is 60.3 Å². The zero-order valence-corrected chi connectivity index (χ0v) is 18.1. The Morgan fingerprint density at radius 3 is 2.57 bits per heavy atom. The van der Waals surface area contributed by atoms with Gasteiger partial charge in [-0.05, 0) is 55.5 Å². The molecule has 0 saturated heterocycles. The van der Waals surface area contributed by atoms with Crippen LogP contribution in [0.25, 0.3) is 4.91 Å². The van der Waals surface area contributed by atoms with Crippen molar-refractivity contribution in [2.24, 2.45) is 5.92 Å². The SMILES string of the molecule is CC1NC(C(=O)N(C)C(CCOc2ccc(F)cc2)C2CC2)=C(c2ccccc2)S1. The number of carbonyl (C=O) groups excluding carboxylic acids is 1. The molecule has 1 amide bonds. The Kier molecular flexibility index (Phi) is 6.32. The fraction of sp³-hybridized carbons (Fsp3) is 0.375. The van der Waals surface area contributed by atoms with Crippen molar-refractivity contribution in [3.63, 3.8) is 0 Å². The predicted octanol–water partition coefficient (Wildman–Crippen LogP) is 4.88. The maximum atomic E-state index is 13.4. The molecule has 2 aliphatic rings. The number of hydrogen-bond donors (Lipinski definition) is 1. The lowest BCUT2D eigenvalue weighted by Crippen LogP contribution is -2.42. The topological polar surface area (TPSA) is 41.6 Å². The van der Waals surface area contributed by atoms with Gasteiger partial charge in [-0.1, -0.05) is 42.1 Å². The van der Waals surface area contributed by atoms with Gasteiger partial charge in [0.05, 0.1) is 12.0 Å². The Hall–Kier alpha value is -2.47. The van der Waals surface area contributed by atoms with E-state index >= 15 is 0 Å². The second-order valence-electron chi connectivity index (χ2n) is 7.89. The summed E-state index contributed by atoms with van der Waals surface area (Å²) in [6.07, 6.45) is 3.03. The normalized spacial score (nSPS) is 19.4. The van der Waals surface area contributed by atoms with Crippen LogP contribution in [0, 0.1) is 11.7 Å². The predicted molar refractivity (Wildman–Crippen MR) is 119 cm³/mol. The standard InChI is InChI=1S/C24H27FN2O2S/c1-16-26-22(23(30-16)18-6-4-3-5-7-18)24(28)27(2)21(17-8-9-17)14-15-29-20-12-10-19(25)11-13-20/h3-7,10-13,16-17,21,26H,8-9,14-15H2,1-2H3. The molecule has 1 fully saturated rings. The van der Waals surface area contributed by atoms with Crippen LogP contribution in [0.3, 0.4) is 0 Å². The monoisotopic (exact) mass is 426 g/mol. The van der Waals surface area contributed by atoms with Gasteiger partial charge in [-0.25, -0.2) is 4.39 Å². The van der Waals surface area contributed by atoms with Crippen LogP contribution in [0.1, 0.15) is 31.7 Å². The van der Waals surface area contributed by atoms with Crippen LogP contribution in [-0.4, -0.2) is 35.9 Å². The first-order valence-electron chi connectivity index (χ1n) is 10.4. The van der Waals surface area contributed by atoms with Crippen LogP contribution < -0.4 is 10.1 Å². The average Bonchev–Trinajstić information content (AvgIpc) is 3.53. The molecule has 1 aliphatic heterocycles. The Labute approximate surface area is 181 Å². The molecular weight excluding hydrogens is 399 g/mol. The molecule has 158 valence electrons. The van der Waals surface area contributed by atoms with Gasteiger partial charge in [0.15, 0.2) is 0 Å². The summed E-state index contributed by atoms with van der Waals surface area (Å²) in [6.45, 7) is 2.57. The van der Waals surface area contributed by atoms with E-state index in [1.165, 1.54) is 12.1 Å². The summed E-state index contributed by atoms with van der Waals surface area (Å²) in [5.74, 6) is 0.922. The van der Waals surface area contributed by atoms with E-state index in [0.29, 0.717) is 24.0 Å². The largest absolute Gasteiger partial charge is 0.494 e. The van der Waals surface area contributed by atoms with Gasteiger partial charge in [0.2, 0.25) is 0 Å². The van der Waals surface area contributed by atoms with Gasteiger partial charge in [0.1, 0.15) is 17.3 Å². The van der Waals surface area contributed by atoms with E-state index in [1.54, 1.807) is 23.9 Å². The molecule has 2 atom stereocenters. The molecule has 4 nitrogen and oxygen atoms in total. The van der Waals surface area contributed by atoms with Crippen LogP contribution >= 0.6 is 11.8 Å². The fourth-order valence-corrected chi connectivity index (χ4v) is 4.94. The van der Waals surface area contributed by atoms with Gasteiger partial charge in [-0.15, -0.1) is 0 Å². The first-order valence-corrected chi connectivity index (χ1v) is 11.3. The second kappa shape index (κ2) is 9.13. The lowest BCUT2D eigenvalue weighted by atomic mass is 10.1. The molecule has 1 N–H and O–H groups in total. The van der Waals surface area contributed by atoms with Crippen molar-refractivity contribution in [3.05, 3.63) is 71.7 Å². The van der Waals surface area contributed by atoms with Gasteiger partial charge >= 0.3 is 0 Å². The van der Waals surface area contributed by atoms with E-state index in [4.69, 9.17) is 4.74 Å². The minimum atomic E-state index is -0.276. The highest BCUT2D eigenvalue weighted by atomic mass is 32.2. The third-order valence-electron chi connectivity index (χ3n) is 5.60. The van der Waals surface area contributed by atoms with Gasteiger partial charge in [-0.3, -0.25) is 4.79 Å². The summed E-state index contributed by atoms with van der Waals surface area (Å²) < 4.78 is 18.9. The fourth-order valence-electron chi connectivity index (χ4n) is 3.88. The summed E-state index contributed by atoms with van der Waals surface area (Å²) in [5.41, 5.74) is 1.75. The van der Waals surface area contributed by atoms with E-state index < -0.39 is 0 Å². The van der Waals surface area contributed by atoms with E-state index in [2.05, 4.69) is 12.2 Å². The number of thioether (sulfide) groups is 1. The zero-order chi connectivity index (χ0) is 21.1. The Bertz CT molecular complexity index is 913. The van der Waals surface area contributed by atoms with Gasteiger partial charge in [-0.2, -0.15) is 0 Å². The number of amides is 1. The molecule has 0 spiro atoms. The highest BCUT2D eigenvalue weighted by Crippen LogP contribution is 2.41. The minimum Gasteiger partial charge on any atom is -0.494 e. The van der Waals surface area contributed by atoms with Gasteiger partial charge in [0, 0.05) is 24.4 Å².